The first kappa shape index (κ1) is 37.9. The van der Waals surface area contributed by atoms with Crippen molar-refractivity contribution in [1.29, 1.82) is 0 Å². The molecule has 2 amide bonds. The van der Waals surface area contributed by atoms with E-state index in [1.54, 1.807) is 17.0 Å². The highest BCUT2D eigenvalue weighted by atomic mass is 16.6. The molecule has 3 N–H and O–H groups in total. The summed E-state index contributed by atoms with van der Waals surface area (Å²) < 4.78 is 17.8. The zero-order chi connectivity index (χ0) is 37.0. The molecule has 11 nitrogen and oxygen atoms in total. The fourth-order valence-electron chi connectivity index (χ4n) is 7.39. The number of nitrogens with one attached hydrogen (secondary N) is 1. The first-order chi connectivity index (χ1) is 25.9. The van der Waals surface area contributed by atoms with Crippen LogP contribution in [0.2, 0.25) is 0 Å². The van der Waals surface area contributed by atoms with Crippen LogP contribution in [-0.2, 0) is 32.1 Å². The van der Waals surface area contributed by atoms with Crippen molar-refractivity contribution in [3.63, 3.8) is 0 Å². The molecular weight excluding hydrogens is 672 g/mol. The van der Waals surface area contributed by atoms with Crippen molar-refractivity contribution >= 4 is 34.7 Å². The Hall–Kier alpha value is -4.87. The van der Waals surface area contributed by atoms with E-state index < -0.39 is 30.2 Å². The number of unbranched alkanes of at least 4 members (excludes halogenated alkanes) is 1. The number of likely N-dealkylation sites (tertiary alicyclic amines) is 1. The van der Waals surface area contributed by atoms with Gasteiger partial charge in [-0.3, -0.25) is 14.4 Å². The number of nitrogens with zero attached hydrogens (tertiary/aromatic N) is 2. The summed E-state index contributed by atoms with van der Waals surface area (Å²) in [5.74, 6) is -1.72. The predicted molar refractivity (Wildman–Crippen MR) is 200 cm³/mol. The van der Waals surface area contributed by atoms with Crippen molar-refractivity contribution in [2.75, 3.05) is 13.1 Å². The third kappa shape index (κ3) is 10.4. The molecule has 0 unspecified atom stereocenters. The summed E-state index contributed by atoms with van der Waals surface area (Å²) in [4.78, 5) is 62.0. The molecule has 2 heterocycles. The number of para-hydroxylation sites is 2. The minimum Gasteiger partial charge on any atom is -0.446 e. The lowest BCUT2D eigenvalue weighted by Gasteiger charge is -2.29. The van der Waals surface area contributed by atoms with Gasteiger partial charge in [0, 0.05) is 25.3 Å². The third-order valence-corrected chi connectivity index (χ3v) is 10.3. The van der Waals surface area contributed by atoms with E-state index in [9.17, 15) is 19.2 Å². The van der Waals surface area contributed by atoms with Crippen LogP contribution in [0.25, 0.3) is 11.1 Å². The van der Waals surface area contributed by atoms with Crippen molar-refractivity contribution in [3.8, 4) is 0 Å². The number of benzene rings is 3. The number of carbonyl (C=O) groups is 4. The number of aromatic nitrogens is 1. The van der Waals surface area contributed by atoms with Crippen LogP contribution in [0.3, 0.4) is 0 Å². The van der Waals surface area contributed by atoms with Gasteiger partial charge in [-0.2, -0.15) is 0 Å². The van der Waals surface area contributed by atoms with E-state index in [4.69, 9.17) is 19.6 Å². The van der Waals surface area contributed by atoms with Crippen LogP contribution in [0.5, 0.6) is 0 Å². The number of hydrogen-bond donors (Lipinski definition) is 2. The summed E-state index contributed by atoms with van der Waals surface area (Å²) in [6.45, 7) is 0.944. The maximum atomic E-state index is 14.6. The Balaban J connectivity index is 1.23. The topological polar surface area (TPSA) is 154 Å². The minimum absolute atomic E-state index is 0.0360. The highest BCUT2D eigenvalue weighted by Crippen LogP contribution is 2.29. The van der Waals surface area contributed by atoms with Crippen LogP contribution in [0, 0.1) is 5.92 Å². The van der Waals surface area contributed by atoms with Gasteiger partial charge in [-0.1, -0.05) is 79.2 Å². The van der Waals surface area contributed by atoms with Crippen molar-refractivity contribution in [3.05, 3.63) is 102 Å². The van der Waals surface area contributed by atoms with Crippen LogP contribution in [0.4, 0.5) is 4.79 Å². The molecule has 0 bridgehead atoms. The van der Waals surface area contributed by atoms with E-state index in [0.717, 1.165) is 36.8 Å². The summed E-state index contributed by atoms with van der Waals surface area (Å²) in [5.41, 5.74) is 8.83. The van der Waals surface area contributed by atoms with Gasteiger partial charge in [-0.15, -0.1) is 0 Å². The van der Waals surface area contributed by atoms with Crippen molar-refractivity contribution in [1.82, 2.24) is 15.2 Å². The molecule has 1 aliphatic carbocycles. The van der Waals surface area contributed by atoms with Gasteiger partial charge >= 0.3 is 6.09 Å². The lowest BCUT2D eigenvalue weighted by molar-refractivity contribution is -0.139. The number of hydrogen-bond acceptors (Lipinski definition) is 9. The average molecular weight is 723 g/mol. The first-order valence-electron chi connectivity index (χ1n) is 19.0. The molecule has 11 heteroatoms. The van der Waals surface area contributed by atoms with E-state index in [1.807, 2.05) is 72.8 Å². The summed E-state index contributed by atoms with van der Waals surface area (Å²) >= 11 is 0. The van der Waals surface area contributed by atoms with Crippen LogP contribution in [0.1, 0.15) is 86.0 Å². The second-order valence-corrected chi connectivity index (χ2v) is 14.2. The molecule has 4 aromatic rings. The molecule has 4 atom stereocenters. The number of fused-ring (bicyclic) bond motifs is 1. The normalized spacial score (nSPS) is 18.5. The number of ether oxygens (including phenoxy) is 2. The highest BCUT2D eigenvalue weighted by molar-refractivity contribution is 6.00. The van der Waals surface area contributed by atoms with E-state index in [1.165, 1.54) is 0 Å². The molecule has 1 saturated heterocycles. The smallest absolute Gasteiger partial charge is 0.408 e. The Kier molecular flexibility index (Phi) is 13.4. The Labute approximate surface area is 310 Å². The second-order valence-electron chi connectivity index (χ2n) is 14.2. The number of amides is 2. The Morgan fingerprint density at radius 2 is 1.57 bits per heavy atom. The van der Waals surface area contributed by atoms with Gasteiger partial charge in [-0.25, -0.2) is 9.78 Å². The summed E-state index contributed by atoms with van der Waals surface area (Å²) in [6.07, 6.45) is 5.12. The van der Waals surface area contributed by atoms with E-state index in [0.29, 0.717) is 56.4 Å². The predicted octanol–water partition coefficient (Wildman–Crippen LogP) is 6.57. The molecule has 6 rings (SSSR count). The van der Waals surface area contributed by atoms with Gasteiger partial charge in [0.05, 0.1) is 18.8 Å². The van der Waals surface area contributed by atoms with Crippen LogP contribution < -0.4 is 11.1 Å². The maximum absolute atomic E-state index is 14.6. The van der Waals surface area contributed by atoms with Crippen molar-refractivity contribution in [2.45, 2.75) is 102 Å². The third-order valence-electron chi connectivity index (χ3n) is 10.3. The number of aryl methyl sites for hydroxylation is 1. The summed E-state index contributed by atoms with van der Waals surface area (Å²) in [7, 11) is 0. The van der Waals surface area contributed by atoms with E-state index >= 15 is 0 Å². The molecular formula is C42H50N4O7. The molecule has 1 aliphatic heterocycles. The summed E-state index contributed by atoms with van der Waals surface area (Å²) in [6, 6.07) is 24.8. The Morgan fingerprint density at radius 1 is 0.868 bits per heavy atom. The van der Waals surface area contributed by atoms with Crippen LogP contribution >= 0.6 is 0 Å². The maximum Gasteiger partial charge on any atom is 0.408 e. The standard InChI is InChI=1S/C42H50N4O7/c43-24-12-11-17-31(39(48)40-44-34-20-9-10-21-38(34)53-40)25-37(47)36-26-33(51-28-30-15-5-2-6-16-30)27-46(36)41(49)35(23-22-29-13-3-1-4-14-29)45-42(50)52-32-18-7-8-19-32/h1-6,9-10,13-16,20-21,31-33,35-36H,7-8,11-12,17-19,22-28,43H2,(H,45,50)/t31-,33-,35-,36+/m1/s1. The molecule has 0 radical (unpaired) electrons. The number of oxazole rings is 1. The molecule has 2 aliphatic rings. The monoisotopic (exact) mass is 722 g/mol. The molecule has 1 aromatic heterocycles. The lowest BCUT2D eigenvalue weighted by atomic mass is 9.89. The molecule has 1 saturated carbocycles. The fraction of sp³-hybridized carbons (Fsp3) is 0.452. The van der Waals surface area contributed by atoms with E-state index in [-0.39, 0.29) is 48.9 Å². The SMILES string of the molecule is NCCCC[C@H](CC(=O)[C@@H]1C[C@@H](OCc2ccccc2)CN1C(=O)[C@@H](CCc1ccccc1)NC(=O)OC1CCCC1)C(=O)c1nc2ccccc2o1. The van der Waals surface area contributed by atoms with Gasteiger partial charge in [0.1, 0.15) is 17.7 Å². The Bertz CT molecular complexity index is 1770. The Morgan fingerprint density at radius 3 is 2.28 bits per heavy atom. The minimum atomic E-state index is -0.936. The van der Waals surface area contributed by atoms with Gasteiger partial charge in [0.2, 0.25) is 11.7 Å². The largest absolute Gasteiger partial charge is 0.446 e. The second kappa shape index (κ2) is 18.8. The first-order valence-corrected chi connectivity index (χ1v) is 19.0. The van der Waals surface area contributed by atoms with Crippen molar-refractivity contribution < 1.29 is 33.1 Å². The lowest BCUT2D eigenvalue weighted by Crippen LogP contribution is -2.52. The molecule has 2 fully saturated rings. The number of alkyl carbamates (subject to hydrolysis) is 1. The quantitative estimate of drug-likeness (QED) is 0.0857. The van der Waals surface area contributed by atoms with Crippen molar-refractivity contribution in [2.24, 2.45) is 11.7 Å². The molecule has 280 valence electrons. The van der Waals surface area contributed by atoms with Gasteiger partial charge in [0.15, 0.2) is 11.4 Å². The summed E-state index contributed by atoms with van der Waals surface area (Å²) in [5, 5.41) is 2.86. The number of Topliss-reactive ketones (excluding diaryl/α,β-unsaturated/α-hetero) is 2. The number of ketones is 2. The average Bonchev–Trinajstić information content (AvgIpc) is 3.96. The number of carbonyl (C=O) groups excluding carboxylic acids is 4. The van der Waals surface area contributed by atoms with Crippen LogP contribution in [-0.4, -0.2) is 70.8 Å². The number of rotatable bonds is 18. The highest BCUT2D eigenvalue weighted by Gasteiger charge is 2.43. The van der Waals surface area contributed by atoms with E-state index in [2.05, 4.69) is 10.3 Å². The zero-order valence-corrected chi connectivity index (χ0v) is 30.2. The molecule has 53 heavy (non-hydrogen) atoms. The molecule has 0 spiro atoms. The van der Waals surface area contributed by atoms with Gasteiger partial charge < -0.3 is 29.8 Å². The van der Waals surface area contributed by atoms with Crippen LogP contribution in [0.15, 0.2) is 89.3 Å². The fourth-order valence-corrected chi connectivity index (χ4v) is 7.39. The number of nitrogens with two attached hydrogens (primary N) is 1. The van der Waals surface area contributed by atoms with Gasteiger partial charge in [-0.05, 0) is 81.2 Å². The zero-order valence-electron chi connectivity index (χ0n) is 30.2. The molecule has 3 aromatic carbocycles. The van der Waals surface area contributed by atoms with Gasteiger partial charge in [0.25, 0.3) is 5.89 Å².